The molecule has 8 nitrogen and oxygen atoms in total. The summed E-state index contributed by atoms with van der Waals surface area (Å²) in [5.41, 5.74) is 4.72. The first-order valence-electron chi connectivity index (χ1n) is 4.69. The van der Waals surface area contributed by atoms with Gasteiger partial charge in [-0.3, -0.25) is 10.9 Å². The summed E-state index contributed by atoms with van der Waals surface area (Å²) >= 11 is 0. The molecule has 6 N–H and O–H groups in total. The number of nitrogens with one attached hydrogen (secondary N) is 2. The summed E-state index contributed by atoms with van der Waals surface area (Å²) < 4.78 is 0. The molecule has 0 saturated heterocycles. The highest BCUT2D eigenvalue weighted by atomic mass is 15.4. The van der Waals surface area contributed by atoms with Crippen LogP contribution < -0.4 is 27.4 Å². The number of hydrazine groups is 2. The second kappa shape index (κ2) is 5.27. The summed E-state index contributed by atoms with van der Waals surface area (Å²) in [5.74, 6) is 11.6. The van der Waals surface area contributed by atoms with E-state index in [0.717, 1.165) is 13.1 Å². The van der Waals surface area contributed by atoms with Crippen LogP contribution in [0.3, 0.4) is 0 Å². The molecule has 1 heterocycles. The SMILES string of the molecule is CCN(CC)c1nc(NN)nc(NN)n1. The average Bonchev–Trinajstić information content (AvgIpc) is 2.30. The Hall–Kier alpha value is -1.67. The van der Waals surface area contributed by atoms with Crippen LogP contribution >= 0.6 is 0 Å². The van der Waals surface area contributed by atoms with Gasteiger partial charge in [-0.15, -0.1) is 0 Å². The number of hydrogen-bond acceptors (Lipinski definition) is 8. The van der Waals surface area contributed by atoms with E-state index in [0.29, 0.717) is 5.95 Å². The summed E-state index contributed by atoms with van der Waals surface area (Å²) in [6.45, 7) is 5.62. The molecule has 0 aliphatic carbocycles. The van der Waals surface area contributed by atoms with E-state index in [2.05, 4.69) is 25.8 Å². The number of nitrogen functional groups attached to an aromatic ring is 2. The first kappa shape index (κ1) is 11.4. The summed E-state index contributed by atoms with van der Waals surface area (Å²) in [5, 5.41) is 0. The van der Waals surface area contributed by atoms with E-state index in [1.807, 2.05) is 18.7 Å². The lowest BCUT2D eigenvalue weighted by molar-refractivity contribution is 0.812. The average molecular weight is 212 g/mol. The molecule has 0 unspecified atom stereocenters. The van der Waals surface area contributed by atoms with Crippen molar-refractivity contribution in [2.75, 3.05) is 28.8 Å². The van der Waals surface area contributed by atoms with E-state index in [1.54, 1.807) is 0 Å². The molecule has 0 saturated carbocycles. The van der Waals surface area contributed by atoms with Crippen molar-refractivity contribution < 1.29 is 0 Å². The Morgan fingerprint density at radius 1 is 1.00 bits per heavy atom. The fourth-order valence-corrected chi connectivity index (χ4v) is 1.14. The van der Waals surface area contributed by atoms with Crippen molar-refractivity contribution in [1.29, 1.82) is 0 Å². The maximum atomic E-state index is 5.24. The van der Waals surface area contributed by atoms with E-state index in [9.17, 15) is 0 Å². The van der Waals surface area contributed by atoms with E-state index >= 15 is 0 Å². The van der Waals surface area contributed by atoms with Crippen molar-refractivity contribution in [3.63, 3.8) is 0 Å². The highest BCUT2D eigenvalue weighted by Gasteiger charge is 2.09. The van der Waals surface area contributed by atoms with Crippen LogP contribution in [0, 0.1) is 0 Å². The Balaban J connectivity index is 3.05. The molecule has 8 heteroatoms. The monoisotopic (exact) mass is 212 g/mol. The minimum atomic E-state index is 0.278. The third-order valence-corrected chi connectivity index (χ3v) is 1.93. The Labute approximate surface area is 88.0 Å². The van der Waals surface area contributed by atoms with E-state index in [1.165, 1.54) is 0 Å². The zero-order chi connectivity index (χ0) is 11.3. The second-order valence-electron chi connectivity index (χ2n) is 2.74. The van der Waals surface area contributed by atoms with E-state index < -0.39 is 0 Å². The Morgan fingerprint density at radius 2 is 1.47 bits per heavy atom. The largest absolute Gasteiger partial charge is 0.341 e. The highest BCUT2D eigenvalue weighted by molar-refractivity contribution is 5.42. The third kappa shape index (κ3) is 2.64. The summed E-state index contributed by atoms with van der Waals surface area (Å²) in [7, 11) is 0. The van der Waals surface area contributed by atoms with Gasteiger partial charge >= 0.3 is 0 Å². The van der Waals surface area contributed by atoms with Crippen molar-refractivity contribution in [2.24, 2.45) is 11.7 Å². The van der Waals surface area contributed by atoms with E-state index in [-0.39, 0.29) is 11.9 Å². The number of nitrogens with two attached hydrogens (primary N) is 2. The van der Waals surface area contributed by atoms with Gasteiger partial charge in [0.25, 0.3) is 0 Å². The fourth-order valence-electron chi connectivity index (χ4n) is 1.14. The first-order valence-corrected chi connectivity index (χ1v) is 4.69. The van der Waals surface area contributed by atoms with Crippen LogP contribution in [0.15, 0.2) is 0 Å². The molecule has 0 aliphatic heterocycles. The lowest BCUT2D eigenvalue weighted by Gasteiger charge is -2.18. The van der Waals surface area contributed by atoms with Gasteiger partial charge in [-0.2, -0.15) is 15.0 Å². The van der Waals surface area contributed by atoms with Crippen molar-refractivity contribution >= 4 is 17.8 Å². The molecule has 0 aromatic carbocycles. The van der Waals surface area contributed by atoms with Crippen LogP contribution in [0.4, 0.5) is 17.8 Å². The predicted octanol–water partition coefficient (Wildman–Crippen LogP) is -0.711. The first-order chi connectivity index (χ1) is 7.24. The smallest absolute Gasteiger partial charge is 0.243 e. The van der Waals surface area contributed by atoms with Crippen molar-refractivity contribution in [3.8, 4) is 0 Å². The second-order valence-corrected chi connectivity index (χ2v) is 2.74. The number of anilines is 3. The fraction of sp³-hybridized carbons (Fsp3) is 0.571. The van der Waals surface area contributed by atoms with E-state index in [4.69, 9.17) is 11.7 Å². The van der Waals surface area contributed by atoms with Gasteiger partial charge in [-0.25, -0.2) is 11.7 Å². The van der Waals surface area contributed by atoms with Crippen LogP contribution in [-0.2, 0) is 0 Å². The Morgan fingerprint density at radius 3 is 1.80 bits per heavy atom. The topological polar surface area (TPSA) is 118 Å². The van der Waals surface area contributed by atoms with Gasteiger partial charge in [0.2, 0.25) is 17.8 Å². The molecule has 0 fully saturated rings. The van der Waals surface area contributed by atoms with Gasteiger partial charge in [0.1, 0.15) is 0 Å². The number of rotatable bonds is 5. The summed E-state index contributed by atoms with van der Waals surface area (Å²) in [6.07, 6.45) is 0. The molecule has 1 aromatic heterocycles. The summed E-state index contributed by atoms with van der Waals surface area (Å²) in [4.78, 5) is 14.1. The van der Waals surface area contributed by atoms with Gasteiger partial charge in [0.05, 0.1) is 0 Å². The lowest BCUT2D eigenvalue weighted by atomic mass is 10.5. The van der Waals surface area contributed by atoms with Crippen LogP contribution in [0.2, 0.25) is 0 Å². The molecule has 15 heavy (non-hydrogen) atoms. The Kier molecular flexibility index (Phi) is 4.01. The van der Waals surface area contributed by atoms with Gasteiger partial charge in [0.15, 0.2) is 0 Å². The predicted molar refractivity (Wildman–Crippen MR) is 59.0 cm³/mol. The molecule has 1 aromatic rings. The maximum Gasteiger partial charge on any atom is 0.243 e. The molecule has 0 spiro atoms. The molecule has 1 rings (SSSR count). The number of aromatic nitrogens is 3. The molecule has 0 radical (unpaired) electrons. The molecule has 0 aliphatic rings. The molecular weight excluding hydrogens is 196 g/mol. The molecule has 0 bridgehead atoms. The molecule has 0 amide bonds. The summed E-state index contributed by atoms with van der Waals surface area (Å²) in [6, 6.07) is 0. The lowest BCUT2D eigenvalue weighted by Crippen LogP contribution is -2.26. The van der Waals surface area contributed by atoms with Crippen LogP contribution in [0.1, 0.15) is 13.8 Å². The molecular formula is C7H16N8. The van der Waals surface area contributed by atoms with Crippen LogP contribution in [0.25, 0.3) is 0 Å². The van der Waals surface area contributed by atoms with Gasteiger partial charge in [0, 0.05) is 13.1 Å². The normalized spacial score (nSPS) is 9.87. The number of hydrogen-bond donors (Lipinski definition) is 4. The maximum absolute atomic E-state index is 5.24. The zero-order valence-corrected chi connectivity index (χ0v) is 8.86. The van der Waals surface area contributed by atoms with Crippen LogP contribution in [-0.4, -0.2) is 28.0 Å². The minimum Gasteiger partial charge on any atom is -0.341 e. The van der Waals surface area contributed by atoms with Crippen molar-refractivity contribution in [3.05, 3.63) is 0 Å². The van der Waals surface area contributed by atoms with Gasteiger partial charge in [-0.05, 0) is 13.8 Å². The van der Waals surface area contributed by atoms with Crippen LogP contribution in [0.5, 0.6) is 0 Å². The van der Waals surface area contributed by atoms with Gasteiger partial charge < -0.3 is 4.90 Å². The number of nitrogens with zero attached hydrogens (tertiary/aromatic N) is 4. The van der Waals surface area contributed by atoms with Crippen molar-refractivity contribution in [1.82, 2.24) is 15.0 Å². The quantitative estimate of drug-likeness (QED) is 0.373. The molecule has 0 atom stereocenters. The standard InChI is InChI=1S/C7H16N8/c1-3-15(4-2)7-11-5(13-8)10-6(12-7)14-9/h3-4,8-9H2,1-2H3,(H2,10,11,12,13,14). The highest BCUT2D eigenvalue weighted by Crippen LogP contribution is 2.11. The molecule has 84 valence electrons. The third-order valence-electron chi connectivity index (χ3n) is 1.93. The minimum absolute atomic E-state index is 0.278. The van der Waals surface area contributed by atoms with Crippen molar-refractivity contribution in [2.45, 2.75) is 13.8 Å². The van der Waals surface area contributed by atoms with Gasteiger partial charge in [-0.1, -0.05) is 0 Å². The zero-order valence-electron chi connectivity index (χ0n) is 8.86. The Bertz CT molecular complexity index is 288.